The van der Waals surface area contributed by atoms with Gasteiger partial charge in [-0.3, -0.25) is 19.2 Å². The molecule has 1 heterocycles. The lowest BCUT2D eigenvalue weighted by atomic mass is 10.1. The largest absolute Gasteiger partial charge is 0.480 e. The Balaban J connectivity index is 2.05. The van der Waals surface area contributed by atoms with Gasteiger partial charge in [0, 0.05) is 13.0 Å². The number of aliphatic hydroxyl groups is 1. The van der Waals surface area contributed by atoms with Crippen molar-refractivity contribution in [3.05, 3.63) is 35.9 Å². The van der Waals surface area contributed by atoms with E-state index in [-0.39, 0.29) is 32.2 Å². The van der Waals surface area contributed by atoms with Gasteiger partial charge in [-0.2, -0.15) is 0 Å². The van der Waals surface area contributed by atoms with Crippen LogP contribution in [0.25, 0.3) is 0 Å². The summed E-state index contributed by atoms with van der Waals surface area (Å²) in [5.74, 6) is -4.11. The normalized spacial score (nSPS) is 17.9. The predicted molar refractivity (Wildman–Crippen MR) is 120 cm³/mol. The molecule has 2 rings (SSSR count). The third-order valence-corrected chi connectivity index (χ3v) is 5.57. The molecular formula is C22H31N5O7. The van der Waals surface area contributed by atoms with Crippen LogP contribution in [0.3, 0.4) is 0 Å². The molecule has 12 nitrogen and oxygen atoms in total. The first-order chi connectivity index (χ1) is 16.1. The number of likely N-dealkylation sites (tertiary alicyclic amines) is 1. The minimum atomic E-state index is -1.41. The number of carboxylic acids is 1. The molecule has 4 amide bonds. The Labute approximate surface area is 196 Å². The minimum absolute atomic E-state index is 0.164. The highest BCUT2D eigenvalue weighted by molar-refractivity contribution is 5.94. The lowest BCUT2D eigenvalue weighted by molar-refractivity contribution is -0.149. The fraction of sp³-hybridized carbons (Fsp3) is 0.500. The fourth-order valence-corrected chi connectivity index (χ4v) is 3.74. The molecule has 1 saturated heterocycles. The van der Waals surface area contributed by atoms with Gasteiger partial charge in [-0.25, -0.2) is 4.79 Å². The number of hydrogen-bond donors (Lipinski definition) is 6. The highest BCUT2D eigenvalue weighted by Crippen LogP contribution is 2.19. The molecule has 0 saturated carbocycles. The number of nitrogens with two attached hydrogens (primary N) is 2. The number of amides is 4. The van der Waals surface area contributed by atoms with Crippen molar-refractivity contribution in [1.29, 1.82) is 0 Å². The van der Waals surface area contributed by atoms with Crippen LogP contribution < -0.4 is 22.1 Å². The molecule has 4 unspecified atom stereocenters. The number of aliphatic carboxylic acids is 1. The zero-order chi connectivity index (χ0) is 25.3. The molecule has 1 fully saturated rings. The second-order valence-electron chi connectivity index (χ2n) is 8.13. The standard InChI is InChI=1S/C22H31N5O7/c23-14(11-13-5-2-1-3-6-13)19(30)26-16(12-28)20(31)25-15(8-9-18(24)29)21(32)27-10-4-7-17(27)22(33)34/h1-3,5-6,14-17,28H,4,7-12,23H2,(H2,24,29)(H,25,31)(H,26,30)(H,33,34). The van der Waals surface area contributed by atoms with Crippen LogP contribution >= 0.6 is 0 Å². The molecule has 8 N–H and O–H groups in total. The molecule has 4 atom stereocenters. The van der Waals surface area contributed by atoms with Crippen molar-refractivity contribution in [2.75, 3.05) is 13.2 Å². The average Bonchev–Trinajstić information content (AvgIpc) is 3.30. The number of rotatable bonds is 12. The Hall–Kier alpha value is -3.51. The zero-order valence-corrected chi connectivity index (χ0v) is 18.7. The van der Waals surface area contributed by atoms with Gasteiger partial charge in [0.15, 0.2) is 0 Å². The van der Waals surface area contributed by atoms with E-state index in [4.69, 9.17) is 11.5 Å². The minimum Gasteiger partial charge on any atom is -0.480 e. The van der Waals surface area contributed by atoms with Gasteiger partial charge in [0.25, 0.3) is 0 Å². The summed E-state index contributed by atoms with van der Waals surface area (Å²) in [4.78, 5) is 62.0. The first-order valence-electron chi connectivity index (χ1n) is 11.0. The molecule has 0 spiro atoms. The zero-order valence-electron chi connectivity index (χ0n) is 18.7. The summed E-state index contributed by atoms with van der Waals surface area (Å²) in [6, 6.07) is 4.29. The van der Waals surface area contributed by atoms with Crippen LogP contribution in [-0.4, -0.2) is 82.0 Å². The maximum atomic E-state index is 13.0. The number of nitrogens with one attached hydrogen (secondary N) is 2. The number of carbonyl (C=O) groups is 5. The smallest absolute Gasteiger partial charge is 0.326 e. The Morgan fingerprint density at radius 1 is 1.06 bits per heavy atom. The average molecular weight is 478 g/mol. The van der Waals surface area contributed by atoms with E-state index < -0.39 is 60.4 Å². The Bertz CT molecular complexity index is 895. The quantitative estimate of drug-likeness (QED) is 0.195. The highest BCUT2D eigenvalue weighted by atomic mass is 16.4. The van der Waals surface area contributed by atoms with Crippen molar-refractivity contribution in [3.8, 4) is 0 Å². The lowest BCUT2D eigenvalue weighted by Crippen LogP contribution is -2.58. The Morgan fingerprint density at radius 2 is 1.71 bits per heavy atom. The summed E-state index contributed by atoms with van der Waals surface area (Å²) >= 11 is 0. The Morgan fingerprint density at radius 3 is 2.29 bits per heavy atom. The van der Waals surface area contributed by atoms with Gasteiger partial charge in [-0.1, -0.05) is 30.3 Å². The Kier molecular flexibility index (Phi) is 9.95. The predicted octanol–water partition coefficient (Wildman–Crippen LogP) is -2.14. The van der Waals surface area contributed by atoms with Gasteiger partial charge < -0.3 is 37.2 Å². The first-order valence-corrected chi connectivity index (χ1v) is 11.0. The van der Waals surface area contributed by atoms with Crippen LogP contribution in [0.15, 0.2) is 30.3 Å². The number of carboxylic acid groups (broad SMARTS) is 1. The van der Waals surface area contributed by atoms with E-state index in [1.165, 1.54) is 0 Å². The molecule has 186 valence electrons. The van der Waals surface area contributed by atoms with Crippen LogP contribution in [0, 0.1) is 0 Å². The van der Waals surface area contributed by atoms with Crippen LogP contribution in [0.4, 0.5) is 0 Å². The van der Waals surface area contributed by atoms with E-state index in [0.29, 0.717) is 6.42 Å². The summed E-state index contributed by atoms with van der Waals surface area (Å²) in [7, 11) is 0. The molecule has 1 aromatic carbocycles. The number of carbonyl (C=O) groups excluding carboxylic acids is 4. The van der Waals surface area contributed by atoms with Gasteiger partial charge in [0.2, 0.25) is 23.6 Å². The van der Waals surface area contributed by atoms with Gasteiger partial charge >= 0.3 is 5.97 Å². The summed E-state index contributed by atoms with van der Waals surface area (Å²) in [5.41, 5.74) is 11.9. The maximum absolute atomic E-state index is 13.0. The van der Waals surface area contributed by atoms with E-state index in [9.17, 15) is 34.2 Å². The molecule has 0 radical (unpaired) electrons. The summed E-state index contributed by atoms with van der Waals surface area (Å²) < 4.78 is 0. The number of benzene rings is 1. The number of aliphatic hydroxyl groups excluding tert-OH is 1. The van der Waals surface area contributed by atoms with E-state index in [0.717, 1.165) is 10.5 Å². The van der Waals surface area contributed by atoms with Gasteiger partial charge in [-0.05, 0) is 31.2 Å². The monoisotopic (exact) mass is 477 g/mol. The molecule has 0 aromatic heterocycles. The summed E-state index contributed by atoms with van der Waals surface area (Å²) in [6.07, 6.45) is 0.556. The maximum Gasteiger partial charge on any atom is 0.326 e. The van der Waals surface area contributed by atoms with Crippen molar-refractivity contribution < 1.29 is 34.2 Å². The molecule has 1 aliphatic heterocycles. The molecular weight excluding hydrogens is 446 g/mol. The SMILES string of the molecule is NC(=O)CCC(NC(=O)C(CO)NC(=O)C(N)Cc1ccccc1)C(=O)N1CCCC1C(=O)O. The molecule has 34 heavy (non-hydrogen) atoms. The van der Waals surface area contributed by atoms with E-state index in [2.05, 4.69) is 10.6 Å². The van der Waals surface area contributed by atoms with E-state index in [1.807, 2.05) is 6.07 Å². The van der Waals surface area contributed by atoms with Crippen molar-refractivity contribution in [2.45, 2.75) is 56.3 Å². The molecule has 1 aliphatic rings. The van der Waals surface area contributed by atoms with Crippen LogP contribution in [0.1, 0.15) is 31.2 Å². The third kappa shape index (κ3) is 7.52. The third-order valence-electron chi connectivity index (χ3n) is 5.57. The van der Waals surface area contributed by atoms with Crippen LogP contribution in [0.2, 0.25) is 0 Å². The molecule has 0 aliphatic carbocycles. The molecule has 12 heteroatoms. The van der Waals surface area contributed by atoms with Gasteiger partial charge in [0.05, 0.1) is 12.6 Å². The van der Waals surface area contributed by atoms with Crippen LogP contribution in [-0.2, 0) is 30.4 Å². The van der Waals surface area contributed by atoms with Crippen molar-refractivity contribution >= 4 is 29.6 Å². The van der Waals surface area contributed by atoms with Crippen LogP contribution in [0.5, 0.6) is 0 Å². The highest BCUT2D eigenvalue weighted by Gasteiger charge is 2.38. The number of primary amides is 1. The second-order valence-corrected chi connectivity index (χ2v) is 8.13. The summed E-state index contributed by atoms with van der Waals surface area (Å²) in [6.45, 7) is -0.582. The van der Waals surface area contributed by atoms with E-state index >= 15 is 0 Å². The summed E-state index contributed by atoms with van der Waals surface area (Å²) in [5, 5.41) is 23.8. The number of nitrogens with zero attached hydrogens (tertiary/aromatic N) is 1. The topological polar surface area (TPSA) is 205 Å². The molecule has 1 aromatic rings. The van der Waals surface area contributed by atoms with Gasteiger partial charge in [0.1, 0.15) is 18.1 Å². The first kappa shape index (κ1) is 26.7. The van der Waals surface area contributed by atoms with Crippen molar-refractivity contribution in [3.63, 3.8) is 0 Å². The fourth-order valence-electron chi connectivity index (χ4n) is 3.74. The number of hydrogen-bond acceptors (Lipinski definition) is 7. The lowest BCUT2D eigenvalue weighted by Gasteiger charge is -2.28. The van der Waals surface area contributed by atoms with Crippen molar-refractivity contribution in [1.82, 2.24) is 15.5 Å². The van der Waals surface area contributed by atoms with Crippen molar-refractivity contribution in [2.24, 2.45) is 11.5 Å². The van der Waals surface area contributed by atoms with E-state index in [1.54, 1.807) is 24.3 Å². The second kappa shape index (κ2) is 12.7. The van der Waals surface area contributed by atoms with Gasteiger partial charge in [-0.15, -0.1) is 0 Å². The molecule has 0 bridgehead atoms.